The number of halogens is 4. The second kappa shape index (κ2) is 9.12. The van der Waals surface area contributed by atoms with E-state index in [1.54, 1.807) is 24.3 Å². The van der Waals surface area contributed by atoms with E-state index in [9.17, 15) is 13.2 Å². The number of aromatic nitrogens is 4. The lowest BCUT2D eigenvalue weighted by Crippen LogP contribution is -2.16. The normalized spacial score (nSPS) is 11.5. The van der Waals surface area contributed by atoms with E-state index in [2.05, 4.69) is 30.4 Å². The van der Waals surface area contributed by atoms with Gasteiger partial charge in [-0.1, -0.05) is 34.7 Å². The molecule has 0 saturated carbocycles. The van der Waals surface area contributed by atoms with Gasteiger partial charge in [-0.25, -0.2) is 0 Å². The Hall–Kier alpha value is -2.83. The monoisotopic (exact) mass is 485 g/mol. The van der Waals surface area contributed by atoms with Crippen LogP contribution in [0.5, 0.6) is 5.75 Å². The summed E-state index contributed by atoms with van der Waals surface area (Å²) < 4.78 is 46.8. The number of rotatable bonds is 7. The smallest absolute Gasteiger partial charge is 0.420 e. The second-order valence-corrected chi connectivity index (χ2v) is 8.50. The van der Waals surface area contributed by atoms with Gasteiger partial charge in [0.1, 0.15) is 5.75 Å². The van der Waals surface area contributed by atoms with Crippen LogP contribution in [0.15, 0.2) is 57.3 Å². The average molecular weight is 486 g/mol. The number of ether oxygens (including phenoxy) is 1. The molecular weight excluding hydrogens is 475 g/mol. The standard InChI is InChI=1S/C18H11ClF3N5O2S2/c19-11-3-1-10(2-4-11)15-25-24-14(28-15)9-30-17-27-26-16(31-17)23-12-5-7-13(8-6-12)29-18(20,21)22/h1-8H,9H2,(H,23,26). The third-order valence-corrected chi connectivity index (χ3v) is 5.83. The summed E-state index contributed by atoms with van der Waals surface area (Å²) in [6.07, 6.45) is -4.73. The van der Waals surface area contributed by atoms with Gasteiger partial charge in [-0.15, -0.1) is 33.6 Å². The van der Waals surface area contributed by atoms with Gasteiger partial charge in [0.25, 0.3) is 0 Å². The molecule has 0 atom stereocenters. The Kier molecular flexibility index (Phi) is 6.30. The molecule has 0 aliphatic rings. The zero-order valence-electron chi connectivity index (χ0n) is 15.3. The van der Waals surface area contributed by atoms with Gasteiger partial charge >= 0.3 is 6.36 Å². The highest BCUT2D eigenvalue weighted by Crippen LogP contribution is 2.31. The number of alkyl halides is 3. The molecule has 0 spiro atoms. The van der Waals surface area contributed by atoms with Crippen LogP contribution in [0.2, 0.25) is 5.02 Å². The first-order chi connectivity index (χ1) is 14.8. The minimum absolute atomic E-state index is 0.302. The van der Waals surface area contributed by atoms with Crippen molar-refractivity contribution in [1.29, 1.82) is 0 Å². The third-order valence-electron chi connectivity index (χ3n) is 3.62. The van der Waals surface area contributed by atoms with Crippen molar-refractivity contribution in [3.8, 4) is 17.2 Å². The summed E-state index contributed by atoms with van der Waals surface area (Å²) in [6, 6.07) is 12.4. The SMILES string of the molecule is FC(F)(F)Oc1ccc(Nc2nnc(SCc3nnc(-c4ccc(Cl)cc4)o3)s2)cc1. The number of benzene rings is 2. The quantitative estimate of drug-likeness (QED) is 0.311. The zero-order chi connectivity index (χ0) is 21.8. The molecule has 0 unspecified atom stereocenters. The first-order valence-electron chi connectivity index (χ1n) is 8.51. The van der Waals surface area contributed by atoms with Crippen LogP contribution in [0.3, 0.4) is 0 Å². The Morgan fingerprint density at radius 2 is 1.74 bits per heavy atom. The molecular formula is C18H11ClF3N5O2S2. The minimum atomic E-state index is -4.73. The van der Waals surface area contributed by atoms with Crippen molar-refractivity contribution in [3.05, 3.63) is 59.4 Å². The Labute approximate surface area is 186 Å². The number of nitrogens with one attached hydrogen (secondary N) is 1. The third kappa shape index (κ3) is 6.09. The number of hydrogen-bond acceptors (Lipinski definition) is 9. The predicted molar refractivity (Wildman–Crippen MR) is 111 cm³/mol. The summed E-state index contributed by atoms with van der Waals surface area (Å²) in [4.78, 5) is 0. The van der Waals surface area contributed by atoms with Crippen LogP contribution in [0.25, 0.3) is 11.5 Å². The lowest BCUT2D eigenvalue weighted by molar-refractivity contribution is -0.274. The summed E-state index contributed by atoms with van der Waals surface area (Å²) >= 11 is 8.52. The van der Waals surface area contributed by atoms with Gasteiger partial charge in [-0.05, 0) is 48.5 Å². The topological polar surface area (TPSA) is 86.0 Å². The molecule has 0 bridgehead atoms. The number of nitrogens with zero attached hydrogens (tertiary/aromatic N) is 4. The maximum Gasteiger partial charge on any atom is 0.573 e. The van der Waals surface area contributed by atoms with Gasteiger partial charge in [-0.3, -0.25) is 0 Å². The Morgan fingerprint density at radius 1 is 1.00 bits per heavy atom. The summed E-state index contributed by atoms with van der Waals surface area (Å²) in [5.74, 6) is 0.924. The van der Waals surface area contributed by atoms with E-state index in [0.717, 1.165) is 5.56 Å². The Bertz CT molecular complexity index is 1150. The van der Waals surface area contributed by atoms with Crippen molar-refractivity contribution in [3.63, 3.8) is 0 Å². The molecule has 0 aliphatic carbocycles. The highest BCUT2D eigenvalue weighted by Gasteiger charge is 2.30. The molecule has 0 saturated heterocycles. The molecule has 2 aromatic heterocycles. The van der Waals surface area contributed by atoms with E-state index >= 15 is 0 Å². The molecule has 0 radical (unpaired) electrons. The highest BCUT2D eigenvalue weighted by atomic mass is 35.5. The average Bonchev–Trinajstić information content (AvgIpc) is 3.37. The van der Waals surface area contributed by atoms with Crippen LogP contribution < -0.4 is 10.1 Å². The zero-order valence-corrected chi connectivity index (χ0v) is 17.6. The van der Waals surface area contributed by atoms with Gasteiger partial charge < -0.3 is 14.5 Å². The molecule has 0 aliphatic heterocycles. The predicted octanol–water partition coefficient (Wildman–Crippen LogP) is 6.18. The van der Waals surface area contributed by atoms with Crippen LogP contribution >= 0.6 is 34.7 Å². The maximum atomic E-state index is 12.2. The van der Waals surface area contributed by atoms with E-state index in [1.807, 2.05) is 0 Å². The van der Waals surface area contributed by atoms with Crippen LogP contribution in [0.1, 0.15) is 5.89 Å². The van der Waals surface area contributed by atoms with Crippen molar-refractivity contribution in [2.24, 2.45) is 0 Å². The Balaban J connectivity index is 1.32. The van der Waals surface area contributed by atoms with Crippen molar-refractivity contribution >= 4 is 45.5 Å². The van der Waals surface area contributed by atoms with Crippen molar-refractivity contribution in [2.75, 3.05) is 5.32 Å². The first-order valence-corrected chi connectivity index (χ1v) is 10.7. The van der Waals surface area contributed by atoms with E-state index in [4.69, 9.17) is 16.0 Å². The van der Waals surface area contributed by atoms with E-state index in [1.165, 1.54) is 47.4 Å². The molecule has 0 fully saturated rings. The largest absolute Gasteiger partial charge is 0.573 e. The molecule has 4 aromatic rings. The molecule has 31 heavy (non-hydrogen) atoms. The van der Waals surface area contributed by atoms with Gasteiger partial charge in [-0.2, -0.15) is 0 Å². The molecule has 7 nitrogen and oxygen atoms in total. The van der Waals surface area contributed by atoms with Crippen LogP contribution in [0.4, 0.5) is 24.0 Å². The van der Waals surface area contributed by atoms with Gasteiger partial charge in [0, 0.05) is 16.3 Å². The van der Waals surface area contributed by atoms with Crippen molar-refractivity contribution in [1.82, 2.24) is 20.4 Å². The number of thioether (sulfide) groups is 1. The molecule has 160 valence electrons. The van der Waals surface area contributed by atoms with E-state index < -0.39 is 6.36 Å². The molecule has 1 N–H and O–H groups in total. The Morgan fingerprint density at radius 3 is 2.45 bits per heavy atom. The van der Waals surface area contributed by atoms with E-state index in [-0.39, 0.29) is 5.75 Å². The van der Waals surface area contributed by atoms with Crippen LogP contribution in [-0.4, -0.2) is 26.8 Å². The maximum absolute atomic E-state index is 12.2. The fourth-order valence-electron chi connectivity index (χ4n) is 2.33. The lowest BCUT2D eigenvalue weighted by Gasteiger charge is -2.09. The highest BCUT2D eigenvalue weighted by molar-refractivity contribution is 8.00. The second-order valence-electron chi connectivity index (χ2n) is 5.87. The van der Waals surface area contributed by atoms with Crippen LogP contribution in [0, 0.1) is 0 Å². The molecule has 0 amide bonds. The lowest BCUT2D eigenvalue weighted by atomic mass is 10.2. The van der Waals surface area contributed by atoms with Gasteiger partial charge in [0.05, 0.1) is 5.75 Å². The van der Waals surface area contributed by atoms with Crippen LogP contribution in [-0.2, 0) is 5.75 Å². The molecule has 4 rings (SSSR count). The summed E-state index contributed by atoms with van der Waals surface area (Å²) in [5, 5.41) is 20.2. The fourth-order valence-corrected chi connectivity index (χ4v) is 4.06. The fraction of sp³-hybridized carbons (Fsp3) is 0.111. The molecule has 13 heteroatoms. The summed E-state index contributed by atoms with van der Waals surface area (Å²) in [7, 11) is 0. The summed E-state index contributed by atoms with van der Waals surface area (Å²) in [5.41, 5.74) is 1.31. The number of anilines is 2. The minimum Gasteiger partial charge on any atom is -0.420 e. The van der Waals surface area contributed by atoms with Gasteiger partial charge in [0.2, 0.25) is 16.9 Å². The van der Waals surface area contributed by atoms with E-state index in [0.29, 0.717) is 37.7 Å². The summed E-state index contributed by atoms with van der Waals surface area (Å²) in [6.45, 7) is 0. The van der Waals surface area contributed by atoms with Crippen molar-refractivity contribution < 1.29 is 22.3 Å². The molecule has 2 aromatic carbocycles. The first kappa shape index (κ1) is 21.4. The number of hydrogen-bond donors (Lipinski definition) is 1. The van der Waals surface area contributed by atoms with Crippen molar-refractivity contribution in [2.45, 2.75) is 16.5 Å². The molecule has 2 heterocycles. The van der Waals surface area contributed by atoms with Gasteiger partial charge in [0.15, 0.2) is 4.34 Å².